The van der Waals surface area contributed by atoms with E-state index in [0.29, 0.717) is 16.3 Å². The summed E-state index contributed by atoms with van der Waals surface area (Å²) in [5, 5.41) is 4.62. The Morgan fingerprint density at radius 2 is 1.78 bits per heavy atom. The zero-order valence-corrected chi connectivity index (χ0v) is 18.2. The van der Waals surface area contributed by atoms with E-state index in [0.717, 1.165) is 0 Å². The molecule has 6 nitrogen and oxygen atoms in total. The van der Waals surface area contributed by atoms with Gasteiger partial charge in [-0.15, -0.1) is 0 Å². The number of hydrazone groups is 1. The molecular weight excluding hydrogens is 458 g/mol. The highest BCUT2D eigenvalue weighted by Crippen LogP contribution is 2.28. The molecule has 0 bridgehead atoms. The van der Waals surface area contributed by atoms with Gasteiger partial charge in [-0.25, -0.2) is 14.6 Å². The van der Waals surface area contributed by atoms with E-state index in [-0.39, 0.29) is 16.3 Å². The van der Waals surface area contributed by atoms with Crippen molar-refractivity contribution in [1.82, 2.24) is 5.43 Å². The Kier molecular flexibility index (Phi) is 7.81. The van der Waals surface area contributed by atoms with Gasteiger partial charge in [0.25, 0.3) is 5.91 Å². The molecule has 0 spiro atoms. The Labute approximate surface area is 193 Å². The molecule has 0 aromatic heterocycles. The van der Waals surface area contributed by atoms with Gasteiger partial charge in [0.2, 0.25) is 0 Å². The van der Waals surface area contributed by atoms with Gasteiger partial charge in [0, 0.05) is 5.02 Å². The molecule has 9 heteroatoms. The third kappa shape index (κ3) is 6.29. The van der Waals surface area contributed by atoms with E-state index in [2.05, 4.69) is 10.5 Å². The van der Waals surface area contributed by atoms with Crippen molar-refractivity contribution in [2.45, 2.75) is 13.0 Å². The van der Waals surface area contributed by atoms with Gasteiger partial charge in [0.05, 0.1) is 16.8 Å². The summed E-state index contributed by atoms with van der Waals surface area (Å²) < 4.78 is 24.3. The monoisotopic (exact) mass is 474 g/mol. The van der Waals surface area contributed by atoms with Gasteiger partial charge in [-0.05, 0) is 67.1 Å². The molecule has 1 N–H and O–H groups in total. The normalized spacial score (nSPS) is 11.8. The molecule has 0 saturated heterocycles. The number of esters is 1. The molecule has 1 atom stereocenters. The molecule has 3 aromatic carbocycles. The number of amides is 1. The zero-order chi connectivity index (χ0) is 23.1. The summed E-state index contributed by atoms with van der Waals surface area (Å²) in [6.07, 6.45) is 0.550. The Bertz CT molecular complexity index is 1150. The fourth-order valence-electron chi connectivity index (χ4n) is 2.49. The SMILES string of the molecule is C[C@@H](Oc1ccc(Cl)cc1Cl)C(=O)N/N=C\c1ccc(OC(=O)c2ccccc2F)cc1. The molecule has 0 fully saturated rings. The average Bonchev–Trinajstić information content (AvgIpc) is 2.77. The Hall–Kier alpha value is -3.42. The minimum absolute atomic E-state index is 0.155. The maximum absolute atomic E-state index is 13.7. The van der Waals surface area contributed by atoms with E-state index >= 15 is 0 Å². The van der Waals surface area contributed by atoms with E-state index in [1.165, 1.54) is 42.6 Å². The first-order chi connectivity index (χ1) is 15.3. The second kappa shape index (κ2) is 10.7. The van der Waals surface area contributed by atoms with Crippen LogP contribution in [0.4, 0.5) is 4.39 Å². The molecule has 1 amide bonds. The van der Waals surface area contributed by atoms with Crippen molar-refractivity contribution in [2.24, 2.45) is 5.10 Å². The van der Waals surface area contributed by atoms with E-state index in [1.54, 1.807) is 37.3 Å². The topological polar surface area (TPSA) is 77.0 Å². The third-order valence-electron chi connectivity index (χ3n) is 4.14. The highest BCUT2D eigenvalue weighted by atomic mass is 35.5. The number of nitrogens with one attached hydrogen (secondary N) is 1. The van der Waals surface area contributed by atoms with E-state index in [4.69, 9.17) is 32.7 Å². The van der Waals surface area contributed by atoms with Gasteiger partial charge >= 0.3 is 5.97 Å². The number of hydrogen-bond donors (Lipinski definition) is 1. The lowest BCUT2D eigenvalue weighted by molar-refractivity contribution is -0.127. The van der Waals surface area contributed by atoms with Crippen LogP contribution in [0.2, 0.25) is 10.0 Å². The highest BCUT2D eigenvalue weighted by molar-refractivity contribution is 6.35. The molecule has 3 rings (SSSR count). The van der Waals surface area contributed by atoms with Gasteiger partial charge in [-0.2, -0.15) is 5.10 Å². The molecule has 0 radical (unpaired) electrons. The lowest BCUT2D eigenvalue weighted by Gasteiger charge is -2.14. The van der Waals surface area contributed by atoms with E-state index < -0.39 is 23.8 Å². The van der Waals surface area contributed by atoms with Crippen LogP contribution in [-0.4, -0.2) is 24.2 Å². The second-order valence-corrected chi connectivity index (χ2v) is 7.35. The average molecular weight is 475 g/mol. The Balaban J connectivity index is 1.52. The Morgan fingerprint density at radius 3 is 2.47 bits per heavy atom. The minimum Gasteiger partial charge on any atom is -0.479 e. The quantitative estimate of drug-likeness (QED) is 0.219. The Morgan fingerprint density at radius 1 is 1.06 bits per heavy atom. The summed E-state index contributed by atoms with van der Waals surface area (Å²) in [5.41, 5.74) is 2.84. The van der Waals surface area contributed by atoms with Crippen molar-refractivity contribution < 1.29 is 23.5 Å². The first-order valence-corrected chi connectivity index (χ1v) is 10.1. The first kappa shape index (κ1) is 23.2. The van der Waals surface area contributed by atoms with Crippen molar-refractivity contribution >= 4 is 41.3 Å². The summed E-state index contributed by atoms with van der Waals surface area (Å²) in [6, 6.07) is 16.5. The summed E-state index contributed by atoms with van der Waals surface area (Å²) in [7, 11) is 0. The van der Waals surface area contributed by atoms with Crippen LogP contribution in [0.5, 0.6) is 11.5 Å². The number of benzene rings is 3. The number of nitrogens with zero attached hydrogens (tertiary/aromatic N) is 1. The molecule has 0 saturated carbocycles. The van der Waals surface area contributed by atoms with Gasteiger partial charge in [0.1, 0.15) is 17.3 Å². The van der Waals surface area contributed by atoms with Gasteiger partial charge in [-0.1, -0.05) is 35.3 Å². The van der Waals surface area contributed by atoms with Crippen molar-refractivity contribution in [1.29, 1.82) is 0 Å². The fraction of sp³-hybridized carbons (Fsp3) is 0.0870. The standard InChI is InChI=1S/C23H17Cl2FN2O4/c1-14(31-21-11-8-16(24)12-19(21)25)22(29)28-27-13-15-6-9-17(10-7-15)32-23(30)18-4-2-3-5-20(18)26/h2-14H,1H3,(H,28,29)/b27-13-/t14-/m1/s1. The predicted molar refractivity (Wildman–Crippen MR) is 120 cm³/mol. The molecule has 0 heterocycles. The van der Waals surface area contributed by atoms with Crippen LogP contribution in [0.3, 0.4) is 0 Å². The fourth-order valence-corrected chi connectivity index (χ4v) is 2.94. The van der Waals surface area contributed by atoms with Crippen molar-refractivity contribution in [3.63, 3.8) is 0 Å². The smallest absolute Gasteiger partial charge is 0.346 e. The maximum Gasteiger partial charge on any atom is 0.346 e. The van der Waals surface area contributed by atoms with Crippen LogP contribution in [0.15, 0.2) is 71.8 Å². The van der Waals surface area contributed by atoms with Gasteiger partial charge < -0.3 is 9.47 Å². The minimum atomic E-state index is -0.856. The molecule has 0 aliphatic rings. The number of halogens is 3. The lowest BCUT2D eigenvalue weighted by atomic mass is 10.2. The summed E-state index contributed by atoms with van der Waals surface area (Å²) in [6.45, 7) is 1.55. The lowest BCUT2D eigenvalue weighted by Crippen LogP contribution is -2.33. The molecular formula is C23H17Cl2FN2O4. The number of carbonyl (C=O) groups is 2. The van der Waals surface area contributed by atoms with E-state index in [9.17, 15) is 14.0 Å². The number of hydrogen-bond acceptors (Lipinski definition) is 5. The van der Waals surface area contributed by atoms with Crippen LogP contribution in [0.25, 0.3) is 0 Å². The van der Waals surface area contributed by atoms with Crippen LogP contribution in [0, 0.1) is 5.82 Å². The predicted octanol–water partition coefficient (Wildman–Crippen LogP) is 5.27. The number of rotatable bonds is 7. The summed E-state index contributed by atoms with van der Waals surface area (Å²) in [5.74, 6) is -1.38. The van der Waals surface area contributed by atoms with Crippen molar-refractivity contribution in [3.05, 3.63) is 93.7 Å². The van der Waals surface area contributed by atoms with Crippen LogP contribution in [-0.2, 0) is 4.79 Å². The largest absolute Gasteiger partial charge is 0.479 e. The molecule has 0 aliphatic heterocycles. The molecule has 164 valence electrons. The van der Waals surface area contributed by atoms with E-state index in [1.807, 2.05) is 0 Å². The second-order valence-electron chi connectivity index (χ2n) is 6.51. The summed E-state index contributed by atoms with van der Waals surface area (Å²) in [4.78, 5) is 24.2. The molecule has 3 aromatic rings. The number of carbonyl (C=O) groups excluding carboxylic acids is 2. The molecule has 32 heavy (non-hydrogen) atoms. The summed E-state index contributed by atoms with van der Waals surface area (Å²) >= 11 is 11.9. The van der Waals surface area contributed by atoms with Crippen molar-refractivity contribution in [2.75, 3.05) is 0 Å². The van der Waals surface area contributed by atoms with Crippen LogP contribution in [0.1, 0.15) is 22.8 Å². The van der Waals surface area contributed by atoms with Crippen molar-refractivity contribution in [3.8, 4) is 11.5 Å². The highest BCUT2D eigenvalue weighted by Gasteiger charge is 2.16. The first-order valence-electron chi connectivity index (χ1n) is 9.35. The number of ether oxygens (including phenoxy) is 2. The van der Waals surface area contributed by atoms with Gasteiger partial charge in [-0.3, -0.25) is 4.79 Å². The maximum atomic E-state index is 13.7. The van der Waals surface area contributed by atoms with Gasteiger partial charge in [0.15, 0.2) is 6.10 Å². The molecule has 0 aliphatic carbocycles. The zero-order valence-electron chi connectivity index (χ0n) is 16.7. The van der Waals surface area contributed by atoms with Crippen LogP contribution < -0.4 is 14.9 Å². The molecule has 0 unspecified atom stereocenters. The third-order valence-corrected chi connectivity index (χ3v) is 4.67. The van der Waals surface area contributed by atoms with Crippen LogP contribution >= 0.6 is 23.2 Å².